The summed E-state index contributed by atoms with van der Waals surface area (Å²) >= 11 is 0. The van der Waals surface area contributed by atoms with Crippen LogP contribution in [-0.2, 0) is 0 Å². The number of para-hydroxylation sites is 1. The summed E-state index contributed by atoms with van der Waals surface area (Å²) in [6, 6.07) is 47.9. The molecule has 6 nitrogen and oxygen atoms in total. The van der Waals surface area contributed by atoms with Gasteiger partial charge in [0.25, 0.3) is 0 Å². The molecule has 4 aromatic heterocycles. The Morgan fingerprint density at radius 1 is 0.457 bits per heavy atom. The second kappa shape index (κ2) is 10.6. The highest BCUT2D eigenvalue weighted by atomic mass is 15.1. The fourth-order valence-corrected chi connectivity index (χ4v) is 6.36. The van der Waals surface area contributed by atoms with Crippen LogP contribution < -0.4 is 0 Å². The number of benzene rings is 5. The van der Waals surface area contributed by atoms with Gasteiger partial charge in [0.2, 0.25) is 0 Å². The number of hydrogen-bond donors (Lipinski definition) is 1. The molecular formula is C40H26N6. The number of nitrogens with zero attached hydrogens (tertiary/aromatic N) is 5. The van der Waals surface area contributed by atoms with Gasteiger partial charge in [-0.2, -0.15) is 0 Å². The molecule has 9 aromatic rings. The number of H-pyrrole nitrogens is 1. The Bertz CT molecular complexity index is 2430. The van der Waals surface area contributed by atoms with E-state index < -0.39 is 0 Å². The number of imidazole rings is 2. The molecule has 0 aliphatic heterocycles. The summed E-state index contributed by atoms with van der Waals surface area (Å²) in [5, 5.41) is 1.99. The van der Waals surface area contributed by atoms with Crippen LogP contribution >= 0.6 is 0 Å². The molecular weight excluding hydrogens is 564 g/mol. The molecule has 5 aromatic carbocycles. The molecule has 0 unspecified atom stereocenters. The van der Waals surface area contributed by atoms with E-state index in [-0.39, 0.29) is 0 Å². The lowest BCUT2D eigenvalue weighted by molar-refractivity contribution is 1.07. The van der Waals surface area contributed by atoms with Crippen molar-refractivity contribution < 1.29 is 0 Å². The molecule has 0 radical (unpaired) electrons. The molecule has 0 saturated carbocycles. The van der Waals surface area contributed by atoms with Crippen molar-refractivity contribution in [3.63, 3.8) is 0 Å². The molecule has 1 N–H and O–H groups in total. The smallest absolute Gasteiger partial charge is 0.145 e. The van der Waals surface area contributed by atoms with Gasteiger partial charge >= 0.3 is 0 Å². The normalized spacial score (nSPS) is 11.5. The maximum absolute atomic E-state index is 5.33. The summed E-state index contributed by atoms with van der Waals surface area (Å²) in [4.78, 5) is 23.3. The first-order valence-electron chi connectivity index (χ1n) is 15.2. The minimum absolute atomic E-state index is 0.796. The highest BCUT2D eigenvalue weighted by Gasteiger charge is 2.22. The molecule has 0 aliphatic rings. The Labute approximate surface area is 264 Å². The maximum Gasteiger partial charge on any atom is 0.145 e. The Balaban J connectivity index is 1.23. The van der Waals surface area contributed by atoms with Crippen molar-refractivity contribution in [3.05, 3.63) is 152 Å². The maximum atomic E-state index is 5.33. The van der Waals surface area contributed by atoms with Crippen LogP contribution in [-0.4, -0.2) is 29.5 Å². The van der Waals surface area contributed by atoms with Crippen molar-refractivity contribution in [3.8, 4) is 51.0 Å². The molecule has 0 saturated heterocycles. The molecule has 0 amide bonds. The largest absolute Gasteiger partial charge is 0.337 e. The van der Waals surface area contributed by atoms with Crippen molar-refractivity contribution in [2.45, 2.75) is 0 Å². The fraction of sp³-hybridized carbons (Fsp3) is 0. The number of hydrogen-bond acceptors (Lipinski definition) is 4. The van der Waals surface area contributed by atoms with Crippen LogP contribution in [0.1, 0.15) is 0 Å². The Morgan fingerprint density at radius 2 is 1.04 bits per heavy atom. The number of rotatable bonds is 5. The molecule has 4 heterocycles. The van der Waals surface area contributed by atoms with Crippen molar-refractivity contribution in [2.24, 2.45) is 0 Å². The average molecular weight is 591 g/mol. The first-order valence-corrected chi connectivity index (χ1v) is 15.2. The summed E-state index contributed by atoms with van der Waals surface area (Å²) in [7, 11) is 0. The molecule has 0 spiro atoms. The minimum atomic E-state index is 0.796. The molecule has 6 heteroatoms. The van der Waals surface area contributed by atoms with Gasteiger partial charge in [0.05, 0.1) is 33.5 Å². The summed E-state index contributed by atoms with van der Waals surface area (Å²) in [5.74, 6) is 1.67. The zero-order chi connectivity index (χ0) is 30.5. The Hall–Kier alpha value is -6.40. The van der Waals surface area contributed by atoms with Crippen LogP contribution in [0.5, 0.6) is 0 Å². The van der Waals surface area contributed by atoms with Crippen LogP contribution in [0, 0.1) is 0 Å². The van der Waals surface area contributed by atoms with E-state index >= 15 is 0 Å². The lowest BCUT2D eigenvalue weighted by Gasteiger charge is -2.14. The number of fused-ring (bicyclic) bond motifs is 6. The number of aromatic amines is 1. The van der Waals surface area contributed by atoms with E-state index in [0.29, 0.717) is 0 Å². The van der Waals surface area contributed by atoms with Crippen LogP contribution in [0.25, 0.3) is 83.8 Å². The number of nitrogens with one attached hydrogen (secondary N) is 1. The lowest BCUT2D eigenvalue weighted by atomic mass is 10.0. The van der Waals surface area contributed by atoms with Crippen molar-refractivity contribution >= 4 is 32.8 Å². The third-order valence-corrected chi connectivity index (χ3v) is 8.47. The van der Waals surface area contributed by atoms with E-state index in [0.717, 1.165) is 83.8 Å². The molecule has 0 aliphatic carbocycles. The summed E-state index contributed by atoms with van der Waals surface area (Å²) < 4.78 is 2.27. The quantitative estimate of drug-likeness (QED) is 0.203. The zero-order valence-electron chi connectivity index (χ0n) is 24.7. The Kier molecular flexibility index (Phi) is 6.03. The van der Waals surface area contributed by atoms with Gasteiger partial charge in [-0.05, 0) is 36.4 Å². The van der Waals surface area contributed by atoms with Gasteiger partial charge in [0.15, 0.2) is 0 Å². The molecule has 9 rings (SSSR count). The second-order valence-corrected chi connectivity index (χ2v) is 11.2. The SMILES string of the molecule is c1ccc(-c2nc(-c3ccc(-c4nc5c6cccnc6c6ncccc6c5[nH]4)cc3)n(-c3ccccc3)c2-c2ccccc2)cc1. The van der Waals surface area contributed by atoms with Crippen LogP contribution in [0.4, 0.5) is 0 Å². The Morgan fingerprint density at radius 3 is 1.74 bits per heavy atom. The summed E-state index contributed by atoms with van der Waals surface area (Å²) in [5.41, 5.74) is 10.8. The van der Waals surface area contributed by atoms with E-state index in [1.807, 2.05) is 36.5 Å². The first-order chi connectivity index (χ1) is 22.8. The molecule has 216 valence electrons. The van der Waals surface area contributed by atoms with Gasteiger partial charge in [0, 0.05) is 51.1 Å². The van der Waals surface area contributed by atoms with Gasteiger partial charge in [-0.1, -0.05) is 103 Å². The van der Waals surface area contributed by atoms with Crippen molar-refractivity contribution in [2.75, 3.05) is 0 Å². The fourth-order valence-electron chi connectivity index (χ4n) is 6.36. The lowest BCUT2D eigenvalue weighted by Crippen LogP contribution is -2.00. The third-order valence-electron chi connectivity index (χ3n) is 8.47. The average Bonchev–Trinajstić information content (AvgIpc) is 3.77. The van der Waals surface area contributed by atoms with Gasteiger partial charge in [-0.3, -0.25) is 14.5 Å². The van der Waals surface area contributed by atoms with Gasteiger partial charge in [-0.15, -0.1) is 0 Å². The molecule has 46 heavy (non-hydrogen) atoms. The van der Waals surface area contributed by atoms with Gasteiger partial charge in [0.1, 0.15) is 11.6 Å². The van der Waals surface area contributed by atoms with E-state index in [2.05, 4.69) is 129 Å². The monoisotopic (exact) mass is 590 g/mol. The van der Waals surface area contributed by atoms with E-state index in [1.165, 1.54) is 0 Å². The third kappa shape index (κ3) is 4.19. The topological polar surface area (TPSA) is 72.3 Å². The predicted octanol–water partition coefficient (Wildman–Crippen LogP) is 9.51. The van der Waals surface area contributed by atoms with Gasteiger partial charge < -0.3 is 4.98 Å². The van der Waals surface area contributed by atoms with Crippen LogP contribution in [0.2, 0.25) is 0 Å². The zero-order valence-corrected chi connectivity index (χ0v) is 24.7. The molecule has 0 atom stereocenters. The van der Waals surface area contributed by atoms with E-state index in [9.17, 15) is 0 Å². The first kappa shape index (κ1) is 26.0. The van der Waals surface area contributed by atoms with Crippen molar-refractivity contribution in [1.82, 2.24) is 29.5 Å². The van der Waals surface area contributed by atoms with Crippen LogP contribution in [0.15, 0.2) is 152 Å². The number of pyridine rings is 2. The second-order valence-electron chi connectivity index (χ2n) is 11.2. The van der Waals surface area contributed by atoms with E-state index in [4.69, 9.17) is 9.97 Å². The van der Waals surface area contributed by atoms with Gasteiger partial charge in [-0.25, -0.2) is 9.97 Å². The summed E-state index contributed by atoms with van der Waals surface area (Å²) in [6.45, 7) is 0. The molecule has 0 bridgehead atoms. The van der Waals surface area contributed by atoms with E-state index in [1.54, 1.807) is 6.20 Å². The molecule has 0 fully saturated rings. The predicted molar refractivity (Wildman–Crippen MR) is 186 cm³/mol. The highest BCUT2D eigenvalue weighted by molar-refractivity contribution is 6.21. The highest BCUT2D eigenvalue weighted by Crippen LogP contribution is 2.39. The van der Waals surface area contributed by atoms with Crippen molar-refractivity contribution in [1.29, 1.82) is 0 Å². The van der Waals surface area contributed by atoms with Crippen LogP contribution in [0.3, 0.4) is 0 Å². The standard InChI is InChI=1S/C40H26N6/c1-4-12-26(13-5-1)33-38(27-14-6-2-7-15-27)46(30-16-8-3-9-17-30)40(45-33)29-22-20-28(21-23-29)39-43-36-31-18-10-24-41-34(31)35-32(37(36)44-39)19-11-25-42-35/h1-25H,(H,43,44). The minimum Gasteiger partial charge on any atom is -0.337 e. The number of aromatic nitrogens is 6. The summed E-state index contributed by atoms with van der Waals surface area (Å²) in [6.07, 6.45) is 3.62.